The second kappa shape index (κ2) is 44.8. The zero-order chi connectivity index (χ0) is 48.3. The molecule has 2 aliphatic rings. The van der Waals surface area contributed by atoms with Crippen LogP contribution in [-0.4, -0.2) is 72.8 Å². The lowest BCUT2D eigenvalue weighted by atomic mass is 10.1. The minimum Gasteiger partial charge on any atom is -0.490 e. The predicted molar refractivity (Wildman–Crippen MR) is 259 cm³/mol. The summed E-state index contributed by atoms with van der Waals surface area (Å²) in [6, 6.07) is 12.5. The average molecular weight is 893 g/mol. The van der Waals surface area contributed by atoms with Gasteiger partial charge in [-0.3, -0.25) is 14.3 Å². The molecule has 0 saturated heterocycles. The zero-order valence-corrected chi connectivity index (χ0v) is 40.6. The van der Waals surface area contributed by atoms with Crippen molar-refractivity contribution >= 4 is 56.8 Å². The van der Waals surface area contributed by atoms with Crippen LogP contribution in [0.1, 0.15) is 112 Å². The number of amides is 2. The van der Waals surface area contributed by atoms with Crippen molar-refractivity contribution in [3.8, 4) is 16.9 Å². The summed E-state index contributed by atoms with van der Waals surface area (Å²) in [7, 11) is 2.42. The molecular formula is C46H77N4O9PS. The molecule has 1 fully saturated rings. The van der Waals surface area contributed by atoms with Crippen LogP contribution in [0.4, 0.5) is 4.79 Å². The van der Waals surface area contributed by atoms with Crippen LogP contribution in [0.3, 0.4) is 0 Å². The number of nitrogens with zero attached hydrogens (tertiary/aromatic N) is 1. The first-order valence-corrected chi connectivity index (χ1v) is 22.3. The quantitative estimate of drug-likeness (QED) is 0.0271. The molecule has 0 spiro atoms. The molecule has 0 bridgehead atoms. The van der Waals surface area contributed by atoms with Gasteiger partial charge in [-0.05, 0) is 66.2 Å². The topological polar surface area (TPSA) is 210 Å². The van der Waals surface area contributed by atoms with E-state index in [2.05, 4.69) is 85.1 Å². The van der Waals surface area contributed by atoms with Crippen molar-refractivity contribution in [2.75, 3.05) is 19.9 Å². The SMILES string of the molecule is C=C.C=CC(N)C(=O)NSC(=O)OC1CC1.C=O.CC.CC.CC(C)C.CCCCC(C)C.CP.NC(=O)C(=O)OC/C=C\COc1ccc2c(c1)/C(=N/O)c1ccccc1-2. The van der Waals surface area contributed by atoms with Crippen LogP contribution in [0.25, 0.3) is 11.1 Å². The van der Waals surface area contributed by atoms with Gasteiger partial charge in [0, 0.05) is 11.1 Å². The zero-order valence-electron chi connectivity index (χ0n) is 38.7. The van der Waals surface area contributed by atoms with Gasteiger partial charge in [-0.15, -0.1) is 29.0 Å². The van der Waals surface area contributed by atoms with E-state index in [1.54, 1.807) is 12.2 Å². The average Bonchev–Trinajstić information content (AvgIpc) is 4.05. The Labute approximate surface area is 373 Å². The number of hydrogen-bond acceptors (Lipinski definition) is 12. The number of primary amides is 1. The Morgan fingerprint density at radius 3 is 1.87 bits per heavy atom. The number of carbonyl (C=O) groups is 5. The minimum atomic E-state index is -1.13. The number of oxime groups is 1. The van der Waals surface area contributed by atoms with Crippen LogP contribution in [-0.2, 0) is 28.7 Å². The molecule has 0 aliphatic heterocycles. The van der Waals surface area contributed by atoms with E-state index in [0.717, 1.165) is 46.9 Å². The van der Waals surface area contributed by atoms with Crippen molar-refractivity contribution in [2.24, 2.45) is 28.5 Å². The molecule has 15 heteroatoms. The highest BCUT2D eigenvalue weighted by molar-refractivity contribution is 8.12. The van der Waals surface area contributed by atoms with Crippen LogP contribution < -0.4 is 20.9 Å². The fraction of sp³-hybridized carbons (Fsp3) is 0.478. The first kappa shape index (κ1) is 65.3. The summed E-state index contributed by atoms with van der Waals surface area (Å²) in [6.07, 6.45) is 10.5. The monoisotopic (exact) mass is 893 g/mol. The Hall–Kier alpha value is -4.78. The number of nitrogens with two attached hydrogens (primary N) is 2. The number of rotatable bonds is 11. The van der Waals surface area contributed by atoms with Crippen molar-refractivity contribution in [1.82, 2.24) is 4.72 Å². The highest BCUT2D eigenvalue weighted by Crippen LogP contribution is 2.38. The molecule has 2 aromatic rings. The van der Waals surface area contributed by atoms with E-state index in [1.165, 1.54) is 25.3 Å². The predicted octanol–water partition coefficient (Wildman–Crippen LogP) is 10.1. The van der Waals surface area contributed by atoms with Crippen LogP contribution in [0.2, 0.25) is 0 Å². The Morgan fingerprint density at radius 1 is 0.918 bits per heavy atom. The van der Waals surface area contributed by atoms with Crippen molar-refractivity contribution in [3.63, 3.8) is 0 Å². The summed E-state index contributed by atoms with van der Waals surface area (Å²) < 4.78 is 17.3. The number of hydrogen-bond donors (Lipinski definition) is 4. The number of unbranched alkanes of at least 4 members (excludes halogenated alkanes) is 1. The minimum absolute atomic E-state index is 0.0416. The van der Waals surface area contributed by atoms with E-state index in [4.69, 9.17) is 25.7 Å². The summed E-state index contributed by atoms with van der Waals surface area (Å²) in [4.78, 5) is 51.4. The molecule has 0 aromatic heterocycles. The lowest BCUT2D eigenvalue weighted by molar-refractivity contribution is -0.152. The largest absolute Gasteiger partial charge is 0.490 e. The van der Waals surface area contributed by atoms with Gasteiger partial charge in [-0.25, -0.2) is 9.59 Å². The molecule has 2 amide bonds. The first-order chi connectivity index (χ1) is 29.2. The van der Waals surface area contributed by atoms with E-state index in [1.807, 2.05) is 83.6 Å². The molecule has 346 valence electrons. The molecule has 2 atom stereocenters. The van der Waals surface area contributed by atoms with Crippen molar-refractivity contribution < 1.29 is 43.4 Å². The summed E-state index contributed by atoms with van der Waals surface area (Å²) in [5.74, 6) is -0.325. The third kappa shape index (κ3) is 33.6. The van der Waals surface area contributed by atoms with Crippen LogP contribution in [0.15, 0.2) is 85.6 Å². The Morgan fingerprint density at radius 2 is 1.43 bits per heavy atom. The van der Waals surface area contributed by atoms with E-state index in [-0.39, 0.29) is 19.3 Å². The van der Waals surface area contributed by atoms with Gasteiger partial charge in [0.05, 0.1) is 11.9 Å². The molecular weight excluding hydrogens is 816 g/mol. The molecule has 2 aliphatic carbocycles. The van der Waals surface area contributed by atoms with Crippen LogP contribution in [0.5, 0.6) is 5.75 Å². The molecule has 13 nitrogen and oxygen atoms in total. The summed E-state index contributed by atoms with van der Waals surface area (Å²) in [6.45, 7) is 34.7. The second-order valence-corrected chi connectivity index (χ2v) is 13.4. The van der Waals surface area contributed by atoms with E-state index >= 15 is 0 Å². The highest BCUT2D eigenvalue weighted by Gasteiger charge is 2.27. The van der Waals surface area contributed by atoms with Gasteiger partial charge >= 0.3 is 17.2 Å². The molecule has 0 radical (unpaired) electrons. The number of fused-ring (bicyclic) bond motifs is 3. The summed E-state index contributed by atoms with van der Waals surface area (Å²) >= 11 is 0.608. The number of carbonyl (C=O) groups excluding carboxylic acids is 5. The third-order valence-corrected chi connectivity index (χ3v) is 7.12. The number of esters is 1. The second-order valence-electron chi connectivity index (χ2n) is 12.6. The summed E-state index contributed by atoms with van der Waals surface area (Å²) in [5, 5.41) is 12.3. The first-order valence-electron chi connectivity index (χ1n) is 20.4. The maximum absolute atomic E-state index is 11.0. The van der Waals surface area contributed by atoms with Gasteiger partial charge in [0.2, 0.25) is 0 Å². The molecule has 4 rings (SSSR count). The molecule has 61 heavy (non-hydrogen) atoms. The van der Waals surface area contributed by atoms with Gasteiger partial charge in [-0.2, -0.15) is 0 Å². The normalized spacial score (nSPS) is 11.8. The van der Waals surface area contributed by atoms with Crippen molar-refractivity contribution in [1.29, 1.82) is 0 Å². The standard InChI is InChI=1S/C19H16N2O5.C8H12N2O3S.C7H16.C4H10.2C2H6.C2H4.CH2O.CH5P/c20-18(22)19(23)26-10-4-3-9-25-12-7-8-14-13-5-1-2-6-15(13)17(21-24)16(14)11-12;1-2-6(9)7(11)10-14-8(12)13-5-3-4-5;1-4-5-6-7(2)3;1-4(2)3;5*1-2/h1-8,11,24H,9-10H2,(H2,20,22);2,5-6H,1,3-4,9H2,(H,10,11);7H,4-6H2,1-3H3;4H,1-3H3;2*1-2H3;1-2H2;1H2;2H2,1H3/b4-3-,21-17+;;;;;;;;. The van der Waals surface area contributed by atoms with Gasteiger partial charge in [0.25, 0.3) is 5.91 Å². The fourth-order valence-electron chi connectivity index (χ4n) is 3.92. The summed E-state index contributed by atoms with van der Waals surface area (Å²) in [5.41, 5.74) is 14.3. The number of benzene rings is 2. The van der Waals surface area contributed by atoms with Crippen molar-refractivity contribution in [3.05, 3.63) is 91.6 Å². The lowest BCUT2D eigenvalue weighted by Crippen LogP contribution is -2.36. The fourth-order valence-corrected chi connectivity index (χ4v) is 4.43. The van der Waals surface area contributed by atoms with Gasteiger partial charge in [0.1, 0.15) is 43.6 Å². The Balaban J connectivity index is -0.000000251. The third-order valence-electron chi connectivity index (χ3n) is 6.56. The molecule has 6 N–H and O–H groups in total. The molecule has 2 aromatic carbocycles. The highest BCUT2D eigenvalue weighted by atomic mass is 32.2. The van der Waals surface area contributed by atoms with Gasteiger partial charge in [-0.1, -0.05) is 131 Å². The van der Waals surface area contributed by atoms with E-state index < -0.39 is 29.1 Å². The van der Waals surface area contributed by atoms with Crippen LogP contribution in [0, 0.1) is 11.8 Å². The smallest absolute Gasteiger partial charge is 0.396 e. The van der Waals surface area contributed by atoms with E-state index in [0.29, 0.717) is 23.4 Å². The van der Waals surface area contributed by atoms with Crippen LogP contribution >= 0.6 is 21.2 Å². The maximum Gasteiger partial charge on any atom is 0.396 e. The Kier molecular flexibility index (Phi) is 48.0. The molecule has 0 heterocycles. The lowest BCUT2D eigenvalue weighted by Gasteiger charge is -2.06. The molecule has 1 saturated carbocycles. The van der Waals surface area contributed by atoms with Crippen molar-refractivity contribution in [2.45, 2.75) is 113 Å². The molecule has 2 unspecified atom stereocenters. The number of ether oxygens (including phenoxy) is 3. The number of nitrogens with one attached hydrogen (secondary N) is 1. The maximum atomic E-state index is 11.0. The van der Waals surface area contributed by atoms with Gasteiger partial charge in [0.15, 0.2) is 0 Å². The Bertz CT molecular complexity index is 1530. The van der Waals surface area contributed by atoms with Gasteiger partial charge < -0.3 is 35.7 Å². The van der Waals surface area contributed by atoms with E-state index in [9.17, 15) is 24.4 Å².